The van der Waals surface area contributed by atoms with Gasteiger partial charge in [0.1, 0.15) is 0 Å². The van der Waals surface area contributed by atoms with Crippen molar-refractivity contribution in [3.63, 3.8) is 0 Å². The Labute approximate surface area is 64.2 Å². The van der Waals surface area contributed by atoms with Crippen molar-refractivity contribution in [1.29, 1.82) is 0 Å². The molecule has 0 heterocycles. The largest absolute Gasteiger partial charge is 0.314 e. The third-order valence-corrected chi connectivity index (χ3v) is 2.28. The maximum Gasteiger partial charge on any atom is 0.00772 e. The van der Waals surface area contributed by atoms with Crippen LogP contribution in [0.15, 0.2) is 0 Å². The molecule has 1 nitrogen and oxygen atoms in total. The van der Waals surface area contributed by atoms with Crippen molar-refractivity contribution in [2.45, 2.75) is 46.1 Å². The molecule has 0 aromatic heterocycles. The van der Waals surface area contributed by atoms with Crippen molar-refractivity contribution in [3.05, 3.63) is 0 Å². The summed E-state index contributed by atoms with van der Waals surface area (Å²) >= 11 is 0. The van der Waals surface area contributed by atoms with E-state index in [0.29, 0.717) is 5.41 Å². The molecule has 10 heavy (non-hydrogen) atoms. The molecular weight excluding hydrogens is 122 g/mol. The summed E-state index contributed by atoms with van der Waals surface area (Å²) in [5.74, 6) is 0. The summed E-state index contributed by atoms with van der Waals surface area (Å²) < 4.78 is 0. The molecule has 1 aliphatic rings. The molecule has 0 aromatic rings. The fourth-order valence-electron chi connectivity index (χ4n) is 1.77. The highest BCUT2D eigenvalue weighted by atomic mass is 14.9. The van der Waals surface area contributed by atoms with Gasteiger partial charge < -0.3 is 5.32 Å². The third kappa shape index (κ3) is 1.98. The van der Waals surface area contributed by atoms with Crippen molar-refractivity contribution in [2.24, 2.45) is 5.41 Å². The van der Waals surface area contributed by atoms with Crippen molar-refractivity contribution in [3.8, 4) is 0 Å². The van der Waals surface area contributed by atoms with E-state index >= 15 is 0 Å². The SMILES string of the molecule is CCCNC1CC(C)(C)C1. The van der Waals surface area contributed by atoms with E-state index in [4.69, 9.17) is 0 Å². The highest BCUT2D eigenvalue weighted by molar-refractivity contribution is 4.91. The van der Waals surface area contributed by atoms with Gasteiger partial charge in [-0.2, -0.15) is 0 Å². The van der Waals surface area contributed by atoms with Crippen LogP contribution in [-0.4, -0.2) is 12.6 Å². The highest BCUT2D eigenvalue weighted by Gasteiger charge is 2.34. The Morgan fingerprint density at radius 1 is 1.40 bits per heavy atom. The van der Waals surface area contributed by atoms with Gasteiger partial charge in [0.15, 0.2) is 0 Å². The van der Waals surface area contributed by atoms with Crippen LogP contribution in [0.5, 0.6) is 0 Å². The Balaban J connectivity index is 2.03. The number of nitrogens with one attached hydrogen (secondary N) is 1. The predicted octanol–water partition coefficient (Wildman–Crippen LogP) is 2.17. The monoisotopic (exact) mass is 141 g/mol. The summed E-state index contributed by atoms with van der Waals surface area (Å²) in [5.41, 5.74) is 0.630. The Hall–Kier alpha value is -0.0400. The summed E-state index contributed by atoms with van der Waals surface area (Å²) in [6.45, 7) is 8.10. The van der Waals surface area contributed by atoms with E-state index in [1.54, 1.807) is 0 Å². The van der Waals surface area contributed by atoms with Gasteiger partial charge in [0.2, 0.25) is 0 Å². The molecule has 1 heteroatoms. The molecular formula is C9H19N. The summed E-state index contributed by atoms with van der Waals surface area (Å²) in [7, 11) is 0. The first kappa shape index (κ1) is 8.06. The lowest BCUT2D eigenvalue weighted by atomic mass is 9.68. The van der Waals surface area contributed by atoms with Crippen LogP contribution in [0.1, 0.15) is 40.0 Å². The third-order valence-electron chi connectivity index (χ3n) is 2.28. The Kier molecular flexibility index (Phi) is 2.35. The van der Waals surface area contributed by atoms with Crippen LogP contribution in [0.2, 0.25) is 0 Å². The van der Waals surface area contributed by atoms with Gasteiger partial charge >= 0.3 is 0 Å². The van der Waals surface area contributed by atoms with E-state index in [2.05, 4.69) is 26.1 Å². The van der Waals surface area contributed by atoms with E-state index in [1.165, 1.54) is 25.8 Å². The molecule has 0 amide bonds. The van der Waals surface area contributed by atoms with Crippen molar-refractivity contribution in [1.82, 2.24) is 5.32 Å². The van der Waals surface area contributed by atoms with Crippen molar-refractivity contribution >= 4 is 0 Å². The lowest BCUT2D eigenvalue weighted by Gasteiger charge is -2.43. The average Bonchev–Trinajstić information content (AvgIpc) is 1.78. The second kappa shape index (κ2) is 2.91. The van der Waals surface area contributed by atoms with Gasteiger partial charge in [-0.1, -0.05) is 20.8 Å². The first-order valence-electron chi connectivity index (χ1n) is 4.37. The highest BCUT2D eigenvalue weighted by Crippen LogP contribution is 2.39. The number of hydrogen-bond acceptors (Lipinski definition) is 1. The normalized spacial score (nSPS) is 24.3. The van der Waals surface area contributed by atoms with Crippen LogP contribution in [0.4, 0.5) is 0 Å². The minimum Gasteiger partial charge on any atom is -0.314 e. The molecule has 0 aliphatic heterocycles. The van der Waals surface area contributed by atoms with Crippen LogP contribution in [-0.2, 0) is 0 Å². The molecule has 1 aliphatic carbocycles. The lowest BCUT2D eigenvalue weighted by Crippen LogP contribution is -2.46. The summed E-state index contributed by atoms with van der Waals surface area (Å²) in [6, 6.07) is 0.829. The molecule has 1 rings (SSSR count). The first-order valence-corrected chi connectivity index (χ1v) is 4.37. The first-order chi connectivity index (χ1) is 4.64. The molecule has 1 N–H and O–H groups in total. The van der Waals surface area contributed by atoms with Gasteiger partial charge in [0, 0.05) is 6.04 Å². The van der Waals surface area contributed by atoms with Crippen LogP contribution in [0.25, 0.3) is 0 Å². The minimum atomic E-state index is 0.630. The van der Waals surface area contributed by atoms with Crippen LogP contribution in [0, 0.1) is 5.41 Å². The van der Waals surface area contributed by atoms with Crippen LogP contribution >= 0.6 is 0 Å². The molecule has 60 valence electrons. The van der Waals surface area contributed by atoms with Crippen molar-refractivity contribution < 1.29 is 0 Å². The van der Waals surface area contributed by atoms with Crippen molar-refractivity contribution in [2.75, 3.05) is 6.54 Å². The van der Waals surface area contributed by atoms with E-state index < -0.39 is 0 Å². The van der Waals surface area contributed by atoms with Crippen LogP contribution in [0.3, 0.4) is 0 Å². The molecule has 0 atom stereocenters. The molecule has 1 fully saturated rings. The summed E-state index contributed by atoms with van der Waals surface area (Å²) in [4.78, 5) is 0. The molecule has 0 saturated heterocycles. The van der Waals surface area contributed by atoms with E-state index in [0.717, 1.165) is 6.04 Å². The van der Waals surface area contributed by atoms with Gasteiger partial charge in [-0.3, -0.25) is 0 Å². The minimum absolute atomic E-state index is 0.630. The summed E-state index contributed by atoms with van der Waals surface area (Å²) in [6.07, 6.45) is 4.00. The number of hydrogen-bond donors (Lipinski definition) is 1. The standard InChI is InChI=1S/C9H19N/c1-4-5-10-8-6-9(2,3)7-8/h8,10H,4-7H2,1-3H3. The zero-order valence-corrected chi connectivity index (χ0v) is 7.41. The van der Waals surface area contributed by atoms with Gasteiger partial charge in [-0.15, -0.1) is 0 Å². The van der Waals surface area contributed by atoms with Crippen LogP contribution < -0.4 is 5.32 Å². The fraction of sp³-hybridized carbons (Fsp3) is 1.00. The predicted molar refractivity (Wildman–Crippen MR) is 45.1 cm³/mol. The fourth-order valence-corrected chi connectivity index (χ4v) is 1.77. The second-order valence-corrected chi connectivity index (χ2v) is 4.22. The summed E-state index contributed by atoms with van der Waals surface area (Å²) in [5, 5.41) is 3.52. The van der Waals surface area contributed by atoms with E-state index in [1.807, 2.05) is 0 Å². The topological polar surface area (TPSA) is 12.0 Å². The Morgan fingerprint density at radius 2 is 2.00 bits per heavy atom. The molecule has 0 aromatic carbocycles. The second-order valence-electron chi connectivity index (χ2n) is 4.22. The average molecular weight is 141 g/mol. The molecule has 0 unspecified atom stereocenters. The molecule has 0 spiro atoms. The lowest BCUT2D eigenvalue weighted by molar-refractivity contribution is 0.127. The molecule has 1 saturated carbocycles. The maximum atomic E-state index is 3.52. The van der Waals surface area contributed by atoms with Gasteiger partial charge in [0.25, 0.3) is 0 Å². The molecule has 0 bridgehead atoms. The molecule has 0 radical (unpaired) electrons. The quantitative estimate of drug-likeness (QED) is 0.635. The zero-order chi connectivity index (χ0) is 7.61. The Bertz CT molecular complexity index is 99.3. The zero-order valence-electron chi connectivity index (χ0n) is 7.41. The number of rotatable bonds is 3. The maximum absolute atomic E-state index is 3.52. The van der Waals surface area contributed by atoms with Gasteiger partial charge in [0.05, 0.1) is 0 Å². The Morgan fingerprint density at radius 3 is 2.40 bits per heavy atom. The van der Waals surface area contributed by atoms with E-state index in [9.17, 15) is 0 Å². The van der Waals surface area contributed by atoms with E-state index in [-0.39, 0.29) is 0 Å². The smallest absolute Gasteiger partial charge is 0.00772 e. The van der Waals surface area contributed by atoms with Gasteiger partial charge in [-0.25, -0.2) is 0 Å². The van der Waals surface area contributed by atoms with Gasteiger partial charge in [-0.05, 0) is 31.2 Å².